The van der Waals surface area contributed by atoms with Crippen molar-refractivity contribution in [2.45, 2.75) is 45.9 Å². The number of aromatic nitrogens is 1. The van der Waals surface area contributed by atoms with Gasteiger partial charge in [0.1, 0.15) is 23.1 Å². The van der Waals surface area contributed by atoms with Gasteiger partial charge in [0.2, 0.25) is 0 Å². The first-order valence-corrected chi connectivity index (χ1v) is 11.6. The second-order valence-corrected chi connectivity index (χ2v) is 8.74. The molecule has 0 unspecified atom stereocenters. The number of rotatable bonds is 10. The first kappa shape index (κ1) is 25.6. The number of aryl methyl sites for hydroxylation is 1. The van der Waals surface area contributed by atoms with Crippen molar-refractivity contribution < 1.29 is 32.2 Å². The van der Waals surface area contributed by atoms with Crippen LogP contribution in [-0.4, -0.2) is 24.7 Å². The van der Waals surface area contributed by atoms with Gasteiger partial charge in [0.15, 0.2) is 0 Å². The molecule has 0 bridgehead atoms. The Morgan fingerprint density at radius 1 is 1.06 bits per heavy atom. The Hall–Kier alpha value is -3.07. The number of carbonyl (C=O) groups is 1. The number of hydrogen-bond acceptors (Lipinski definition) is 6. The van der Waals surface area contributed by atoms with Crippen molar-refractivity contribution in [3.05, 3.63) is 64.2 Å². The summed E-state index contributed by atoms with van der Waals surface area (Å²) >= 11 is 1.36. The van der Waals surface area contributed by atoms with Gasteiger partial charge in [0.25, 0.3) is 0 Å². The van der Waals surface area contributed by atoms with E-state index in [-0.39, 0.29) is 19.0 Å². The molecule has 0 spiro atoms. The predicted octanol–water partition coefficient (Wildman–Crippen LogP) is 6.61. The van der Waals surface area contributed by atoms with Crippen LogP contribution in [0, 0.1) is 6.92 Å². The summed E-state index contributed by atoms with van der Waals surface area (Å²) in [4.78, 5) is 17.1. The van der Waals surface area contributed by atoms with E-state index in [1.54, 1.807) is 18.2 Å². The molecule has 0 fully saturated rings. The van der Waals surface area contributed by atoms with Crippen LogP contribution in [-0.2, 0) is 28.7 Å². The van der Waals surface area contributed by atoms with Crippen LogP contribution in [0.15, 0.2) is 42.5 Å². The summed E-state index contributed by atoms with van der Waals surface area (Å²) in [6, 6.07) is 10.3. The number of thiazole rings is 1. The molecular formula is C25H26F3NO4S. The highest BCUT2D eigenvalue weighted by Crippen LogP contribution is 2.33. The average molecular weight is 494 g/mol. The standard InChI is InChI=1S/C25H26F3NO4S/c1-4-5-10-32-20-11-17(13-23(30)31-3)12-21(14-20)33-15-22-16(2)29-24(34-22)18-6-8-19(9-7-18)25(26,27)28/h6-9,11-12,14H,4-5,10,13,15H2,1-3H3. The molecule has 0 aliphatic heterocycles. The fourth-order valence-corrected chi connectivity index (χ4v) is 4.09. The molecule has 0 amide bonds. The van der Waals surface area contributed by atoms with Gasteiger partial charge in [-0.3, -0.25) is 4.79 Å². The van der Waals surface area contributed by atoms with Gasteiger partial charge in [-0.2, -0.15) is 13.2 Å². The maximum absolute atomic E-state index is 12.8. The molecule has 0 radical (unpaired) electrons. The molecule has 0 atom stereocenters. The minimum atomic E-state index is -4.38. The summed E-state index contributed by atoms with van der Waals surface area (Å²) in [5, 5.41) is 0.618. The van der Waals surface area contributed by atoms with Crippen LogP contribution in [0.4, 0.5) is 13.2 Å². The van der Waals surface area contributed by atoms with Gasteiger partial charge in [-0.25, -0.2) is 4.98 Å². The molecule has 0 N–H and O–H groups in total. The van der Waals surface area contributed by atoms with Crippen LogP contribution in [0.3, 0.4) is 0 Å². The number of halogens is 3. The van der Waals surface area contributed by atoms with Crippen molar-refractivity contribution in [1.82, 2.24) is 4.98 Å². The van der Waals surface area contributed by atoms with Crippen LogP contribution in [0.5, 0.6) is 11.5 Å². The molecule has 0 aliphatic rings. The van der Waals surface area contributed by atoms with Crippen LogP contribution < -0.4 is 9.47 Å². The second kappa shape index (κ2) is 11.4. The number of unbranched alkanes of at least 4 members (excludes halogenated alkanes) is 1. The third kappa shape index (κ3) is 6.96. The van der Waals surface area contributed by atoms with E-state index in [9.17, 15) is 18.0 Å². The highest BCUT2D eigenvalue weighted by Gasteiger charge is 2.30. The number of esters is 1. The monoisotopic (exact) mass is 493 g/mol. The molecule has 34 heavy (non-hydrogen) atoms. The van der Waals surface area contributed by atoms with Crippen molar-refractivity contribution >= 4 is 17.3 Å². The zero-order valence-corrected chi connectivity index (χ0v) is 20.0. The van der Waals surface area contributed by atoms with Gasteiger partial charge in [0.05, 0.1) is 36.3 Å². The minimum Gasteiger partial charge on any atom is -0.493 e. The molecule has 0 saturated heterocycles. The van der Waals surface area contributed by atoms with Gasteiger partial charge in [-0.05, 0) is 43.2 Å². The van der Waals surface area contributed by atoms with Crippen LogP contribution in [0.2, 0.25) is 0 Å². The number of nitrogens with zero attached hydrogens (tertiary/aromatic N) is 1. The van der Waals surface area contributed by atoms with Crippen molar-refractivity contribution in [2.75, 3.05) is 13.7 Å². The van der Waals surface area contributed by atoms with Gasteiger partial charge in [-0.1, -0.05) is 25.5 Å². The summed E-state index contributed by atoms with van der Waals surface area (Å²) in [6.45, 7) is 4.68. The van der Waals surface area contributed by atoms with E-state index in [4.69, 9.17) is 14.2 Å². The van der Waals surface area contributed by atoms with E-state index in [1.807, 2.05) is 6.92 Å². The number of methoxy groups -OCH3 is 1. The highest BCUT2D eigenvalue weighted by molar-refractivity contribution is 7.15. The Kier molecular flexibility index (Phi) is 8.55. The van der Waals surface area contributed by atoms with Gasteiger partial charge < -0.3 is 14.2 Å². The molecule has 3 aromatic rings. The lowest BCUT2D eigenvalue weighted by Crippen LogP contribution is -2.06. The Morgan fingerprint density at radius 2 is 1.74 bits per heavy atom. The zero-order chi connectivity index (χ0) is 24.7. The lowest BCUT2D eigenvalue weighted by molar-refractivity contribution is -0.140. The van der Waals surface area contributed by atoms with E-state index in [0.29, 0.717) is 34.2 Å². The maximum atomic E-state index is 12.8. The number of hydrogen-bond donors (Lipinski definition) is 0. The van der Waals surface area contributed by atoms with Gasteiger partial charge in [-0.15, -0.1) is 11.3 Å². The molecule has 3 rings (SSSR count). The van der Waals surface area contributed by atoms with E-state index in [2.05, 4.69) is 11.9 Å². The first-order chi connectivity index (χ1) is 16.2. The van der Waals surface area contributed by atoms with Crippen molar-refractivity contribution in [2.24, 2.45) is 0 Å². The third-order valence-electron chi connectivity index (χ3n) is 5.00. The van der Waals surface area contributed by atoms with E-state index >= 15 is 0 Å². The third-order valence-corrected chi connectivity index (χ3v) is 6.18. The molecule has 182 valence electrons. The summed E-state index contributed by atoms with van der Waals surface area (Å²) < 4.78 is 55.0. The molecule has 1 heterocycles. The molecule has 0 aliphatic carbocycles. The second-order valence-electron chi connectivity index (χ2n) is 7.66. The Morgan fingerprint density at radius 3 is 2.35 bits per heavy atom. The van der Waals surface area contributed by atoms with Gasteiger partial charge >= 0.3 is 12.1 Å². The maximum Gasteiger partial charge on any atom is 0.416 e. The largest absolute Gasteiger partial charge is 0.493 e. The predicted molar refractivity (Wildman–Crippen MR) is 124 cm³/mol. The topological polar surface area (TPSA) is 57.7 Å². The molecule has 5 nitrogen and oxygen atoms in total. The number of alkyl halides is 3. The summed E-state index contributed by atoms with van der Waals surface area (Å²) in [5.41, 5.74) is 1.36. The SMILES string of the molecule is CCCCOc1cc(CC(=O)OC)cc(OCc2sc(-c3ccc(C(F)(F)F)cc3)nc2C)c1. The minimum absolute atomic E-state index is 0.0928. The molecule has 2 aromatic carbocycles. The van der Waals surface area contributed by atoms with E-state index in [0.717, 1.165) is 35.5 Å². The average Bonchev–Trinajstić information content (AvgIpc) is 3.17. The Labute approximate surface area is 200 Å². The number of benzene rings is 2. The Balaban J connectivity index is 1.75. The smallest absolute Gasteiger partial charge is 0.416 e. The normalized spacial score (nSPS) is 11.4. The zero-order valence-electron chi connectivity index (χ0n) is 19.2. The lowest BCUT2D eigenvalue weighted by atomic mass is 10.1. The number of ether oxygens (including phenoxy) is 3. The first-order valence-electron chi connectivity index (χ1n) is 10.8. The molecule has 9 heteroatoms. The summed E-state index contributed by atoms with van der Waals surface area (Å²) in [5.74, 6) is 0.782. The molecule has 0 saturated carbocycles. The lowest BCUT2D eigenvalue weighted by Gasteiger charge is -2.12. The molecular weight excluding hydrogens is 467 g/mol. The van der Waals surface area contributed by atoms with Crippen molar-refractivity contribution in [1.29, 1.82) is 0 Å². The van der Waals surface area contributed by atoms with E-state index in [1.165, 1.54) is 30.6 Å². The fourth-order valence-electron chi connectivity index (χ4n) is 3.11. The van der Waals surface area contributed by atoms with Crippen LogP contribution in [0.1, 0.15) is 41.5 Å². The van der Waals surface area contributed by atoms with Crippen LogP contribution >= 0.6 is 11.3 Å². The fraction of sp³-hybridized carbons (Fsp3) is 0.360. The van der Waals surface area contributed by atoms with E-state index < -0.39 is 11.7 Å². The van der Waals surface area contributed by atoms with Gasteiger partial charge in [0, 0.05) is 11.6 Å². The quantitative estimate of drug-likeness (QED) is 0.235. The summed E-state index contributed by atoms with van der Waals surface area (Å²) in [6.07, 6.45) is -2.38. The van der Waals surface area contributed by atoms with Crippen molar-refractivity contribution in [3.8, 4) is 22.1 Å². The van der Waals surface area contributed by atoms with Crippen LogP contribution in [0.25, 0.3) is 10.6 Å². The number of carbonyl (C=O) groups excluding carboxylic acids is 1. The Bertz CT molecular complexity index is 1110. The van der Waals surface area contributed by atoms with Crippen molar-refractivity contribution in [3.63, 3.8) is 0 Å². The highest BCUT2D eigenvalue weighted by atomic mass is 32.1. The summed E-state index contributed by atoms with van der Waals surface area (Å²) in [7, 11) is 1.34. The molecule has 1 aromatic heterocycles.